The Kier molecular flexibility index (Phi) is 16.0. The standard InChI is InChI=1S/C18H33/c1-3-5-7-9-11-13-15-17-18-16-14-12-10-8-6-4-2/h4,6,17-18H,1,3,5,7-16H2,2H3. The summed E-state index contributed by atoms with van der Waals surface area (Å²) in [5.74, 6) is 0. The van der Waals surface area contributed by atoms with E-state index in [0.29, 0.717) is 0 Å². The fraction of sp³-hybridized carbons (Fsp3) is 0.722. The van der Waals surface area contributed by atoms with Gasteiger partial charge in [-0.2, -0.15) is 0 Å². The molecule has 0 aromatic rings. The highest BCUT2D eigenvalue weighted by molar-refractivity contribution is 4.81. The Morgan fingerprint density at radius 3 is 1.61 bits per heavy atom. The molecule has 0 bridgehead atoms. The van der Waals surface area contributed by atoms with Gasteiger partial charge in [-0.1, -0.05) is 69.8 Å². The summed E-state index contributed by atoms with van der Waals surface area (Å²) in [5, 5.41) is 0. The monoisotopic (exact) mass is 249 g/mol. The zero-order chi connectivity index (χ0) is 13.3. The summed E-state index contributed by atoms with van der Waals surface area (Å²) in [5.41, 5.74) is 0. The summed E-state index contributed by atoms with van der Waals surface area (Å²) in [6, 6.07) is 0. The first-order valence-corrected chi connectivity index (χ1v) is 7.97. The largest absolute Gasteiger partial charge is 0.0917 e. The van der Waals surface area contributed by atoms with Gasteiger partial charge in [-0.05, 0) is 45.4 Å². The average Bonchev–Trinajstić information content (AvgIpc) is 2.39. The quantitative estimate of drug-likeness (QED) is 0.254. The molecule has 1 radical (unpaired) electrons. The van der Waals surface area contributed by atoms with Crippen molar-refractivity contribution in [3.63, 3.8) is 0 Å². The van der Waals surface area contributed by atoms with E-state index in [1.54, 1.807) is 0 Å². The van der Waals surface area contributed by atoms with Crippen LogP contribution in [0, 0.1) is 6.92 Å². The zero-order valence-corrected chi connectivity index (χ0v) is 12.5. The third-order valence-electron chi connectivity index (χ3n) is 3.26. The number of hydrogen-bond acceptors (Lipinski definition) is 0. The summed E-state index contributed by atoms with van der Waals surface area (Å²) in [7, 11) is 0. The van der Waals surface area contributed by atoms with Gasteiger partial charge in [0.15, 0.2) is 0 Å². The van der Waals surface area contributed by atoms with Crippen LogP contribution in [0.5, 0.6) is 0 Å². The molecule has 0 aromatic heterocycles. The minimum atomic E-state index is 1.11. The van der Waals surface area contributed by atoms with E-state index in [0.717, 1.165) is 6.42 Å². The van der Waals surface area contributed by atoms with E-state index >= 15 is 0 Å². The van der Waals surface area contributed by atoms with E-state index in [1.807, 2.05) is 0 Å². The molecule has 0 aromatic carbocycles. The maximum absolute atomic E-state index is 3.87. The van der Waals surface area contributed by atoms with Crippen molar-refractivity contribution in [3.05, 3.63) is 31.2 Å². The Morgan fingerprint density at radius 2 is 1.06 bits per heavy atom. The van der Waals surface area contributed by atoms with Gasteiger partial charge in [0.1, 0.15) is 0 Å². The van der Waals surface area contributed by atoms with Crippen molar-refractivity contribution in [2.45, 2.75) is 84.0 Å². The highest BCUT2D eigenvalue weighted by Crippen LogP contribution is 2.08. The maximum Gasteiger partial charge on any atom is -0.0351 e. The van der Waals surface area contributed by atoms with E-state index in [1.165, 1.54) is 70.6 Å². The van der Waals surface area contributed by atoms with Crippen molar-refractivity contribution in [1.29, 1.82) is 0 Å². The number of unbranched alkanes of at least 4 members (excludes halogenated alkanes) is 10. The molecule has 18 heavy (non-hydrogen) atoms. The number of rotatable bonds is 13. The van der Waals surface area contributed by atoms with Gasteiger partial charge in [0.05, 0.1) is 0 Å². The van der Waals surface area contributed by atoms with Gasteiger partial charge in [0, 0.05) is 0 Å². The SMILES string of the molecule is [CH2]CCCCCCCC=CCCCCCC=CC. The Labute approximate surface area is 116 Å². The van der Waals surface area contributed by atoms with Gasteiger partial charge in [-0.15, -0.1) is 0 Å². The molecule has 0 fully saturated rings. The van der Waals surface area contributed by atoms with Crippen LogP contribution in [-0.2, 0) is 0 Å². The molecule has 0 aliphatic rings. The second kappa shape index (κ2) is 16.5. The third-order valence-corrected chi connectivity index (χ3v) is 3.26. The average molecular weight is 249 g/mol. The van der Waals surface area contributed by atoms with Crippen LogP contribution in [0.4, 0.5) is 0 Å². The summed E-state index contributed by atoms with van der Waals surface area (Å²) in [4.78, 5) is 0. The van der Waals surface area contributed by atoms with Crippen molar-refractivity contribution in [3.8, 4) is 0 Å². The summed E-state index contributed by atoms with van der Waals surface area (Å²) in [6.07, 6.45) is 25.0. The molecule has 0 atom stereocenters. The van der Waals surface area contributed by atoms with Crippen LogP contribution in [0.2, 0.25) is 0 Å². The third kappa shape index (κ3) is 15.5. The molecule has 0 rings (SSSR count). The van der Waals surface area contributed by atoms with Crippen molar-refractivity contribution in [2.75, 3.05) is 0 Å². The summed E-state index contributed by atoms with van der Waals surface area (Å²) in [6.45, 7) is 5.97. The second-order valence-electron chi connectivity index (χ2n) is 5.09. The molecule has 0 saturated heterocycles. The van der Waals surface area contributed by atoms with E-state index in [9.17, 15) is 0 Å². The lowest BCUT2D eigenvalue weighted by atomic mass is 10.1. The minimum Gasteiger partial charge on any atom is -0.0917 e. The van der Waals surface area contributed by atoms with Gasteiger partial charge in [0.2, 0.25) is 0 Å². The van der Waals surface area contributed by atoms with E-state index in [4.69, 9.17) is 0 Å². The smallest absolute Gasteiger partial charge is 0.0351 e. The zero-order valence-electron chi connectivity index (χ0n) is 12.5. The molecule has 105 valence electrons. The molecule has 0 unspecified atom stereocenters. The molecular formula is C18H33. The lowest BCUT2D eigenvalue weighted by Gasteiger charge is -1.98. The molecule has 0 spiro atoms. The molecule has 0 heterocycles. The molecule has 0 heteroatoms. The highest BCUT2D eigenvalue weighted by Gasteiger charge is 1.88. The van der Waals surface area contributed by atoms with Crippen LogP contribution >= 0.6 is 0 Å². The first-order valence-electron chi connectivity index (χ1n) is 7.97. The fourth-order valence-corrected chi connectivity index (χ4v) is 2.07. The van der Waals surface area contributed by atoms with Gasteiger partial charge in [0.25, 0.3) is 0 Å². The topological polar surface area (TPSA) is 0 Å². The van der Waals surface area contributed by atoms with Crippen LogP contribution in [0.3, 0.4) is 0 Å². The predicted molar refractivity (Wildman–Crippen MR) is 84.7 cm³/mol. The normalized spacial score (nSPS) is 11.9. The molecule has 0 amide bonds. The Morgan fingerprint density at radius 1 is 0.611 bits per heavy atom. The Bertz CT molecular complexity index is 188. The fourth-order valence-electron chi connectivity index (χ4n) is 2.07. The van der Waals surface area contributed by atoms with E-state index in [-0.39, 0.29) is 0 Å². The number of allylic oxidation sites excluding steroid dienone is 4. The molecule has 0 N–H and O–H groups in total. The van der Waals surface area contributed by atoms with Crippen molar-refractivity contribution in [2.24, 2.45) is 0 Å². The number of hydrogen-bond donors (Lipinski definition) is 0. The lowest BCUT2D eigenvalue weighted by molar-refractivity contribution is 0.620. The molecule has 0 aliphatic carbocycles. The maximum atomic E-state index is 3.87. The predicted octanol–water partition coefficient (Wildman–Crippen LogP) is 6.63. The highest BCUT2D eigenvalue weighted by atomic mass is 13.9. The van der Waals surface area contributed by atoms with Crippen LogP contribution in [0.1, 0.15) is 84.0 Å². The van der Waals surface area contributed by atoms with Crippen molar-refractivity contribution in [1.82, 2.24) is 0 Å². The van der Waals surface area contributed by atoms with Gasteiger partial charge in [-0.25, -0.2) is 0 Å². The van der Waals surface area contributed by atoms with Crippen LogP contribution in [0.15, 0.2) is 24.3 Å². The first-order chi connectivity index (χ1) is 8.91. The summed E-state index contributed by atoms with van der Waals surface area (Å²) < 4.78 is 0. The van der Waals surface area contributed by atoms with Crippen molar-refractivity contribution >= 4 is 0 Å². The molecular weight excluding hydrogens is 216 g/mol. The molecule has 0 nitrogen and oxygen atoms in total. The molecule has 0 aliphatic heterocycles. The first kappa shape index (κ1) is 17.5. The summed E-state index contributed by atoms with van der Waals surface area (Å²) >= 11 is 0. The van der Waals surface area contributed by atoms with Crippen LogP contribution in [-0.4, -0.2) is 0 Å². The molecule has 0 saturated carbocycles. The second-order valence-corrected chi connectivity index (χ2v) is 5.09. The van der Waals surface area contributed by atoms with Crippen LogP contribution in [0.25, 0.3) is 0 Å². The van der Waals surface area contributed by atoms with E-state index < -0.39 is 0 Å². The lowest BCUT2D eigenvalue weighted by Crippen LogP contribution is -1.78. The van der Waals surface area contributed by atoms with E-state index in [2.05, 4.69) is 38.2 Å². The van der Waals surface area contributed by atoms with Gasteiger partial charge < -0.3 is 0 Å². The van der Waals surface area contributed by atoms with Gasteiger partial charge in [-0.3, -0.25) is 0 Å². The van der Waals surface area contributed by atoms with Crippen LogP contribution < -0.4 is 0 Å². The Balaban J connectivity index is 3.04. The van der Waals surface area contributed by atoms with Crippen molar-refractivity contribution < 1.29 is 0 Å². The minimum absolute atomic E-state index is 1.11. The Hall–Kier alpha value is -0.520. The van der Waals surface area contributed by atoms with Gasteiger partial charge >= 0.3 is 0 Å².